The third-order valence-electron chi connectivity index (χ3n) is 5.71. The first-order chi connectivity index (χ1) is 14.1. The van der Waals surface area contributed by atoms with E-state index >= 15 is 0 Å². The Kier molecular flexibility index (Phi) is 5.36. The number of nitrogens with two attached hydrogens (primary N) is 1. The van der Waals surface area contributed by atoms with Gasteiger partial charge in [-0.3, -0.25) is 9.88 Å². The first-order valence-corrected chi connectivity index (χ1v) is 9.82. The number of para-hydroxylation sites is 1. The molecule has 6 nitrogen and oxygen atoms in total. The SMILES string of the molecule is COc1cc(C2CCCC(C=O)N2Cc2ccc3ccccc3n2)cc(O)c1N. The summed E-state index contributed by atoms with van der Waals surface area (Å²) in [6.07, 6.45) is 3.64. The maximum atomic E-state index is 11.8. The number of aromatic hydroxyl groups is 1. The topological polar surface area (TPSA) is 88.7 Å². The van der Waals surface area contributed by atoms with Gasteiger partial charge >= 0.3 is 0 Å². The van der Waals surface area contributed by atoms with Crippen LogP contribution in [0.5, 0.6) is 11.5 Å². The van der Waals surface area contributed by atoms with Crippen LogP contribution >= 0.6 is 0 Å². The van der Waals surface area contributed by atoms with Crippen molar-refractivity contribution in [3.63, 3.8) is 0 Å². The van der Waals surface area contributed by atoms with E-state index in [9.17, 15) is 9.90 Å². The number of fused-ring (bicyclic) bond motifs is 1. The van der Waals surface area contributed by atoms with Crippen molar-refractivity contribution in [2.75, 3.05) is 12.8 Å². The molecule has 2 atom stereocenters. The van der Waals surface area contributed by atoms with Gasteiger partial charge in [0.25, 0.3) is 0 Å². The van der Waals surface area contributed by atoms with Gasteiger partial charge in [0.05, 0.1) is 24.4 Å². The summed E-state index contributed by atoms with van der Waals surface area (Å²) in [5.74, 6) is 0.438. The van der Waals surface area contributed by atoms with Gasteiger partial charge in [0.2, 0.25) is 0 Å². The summed E-state index contributed by atoms with van der Waals surface area (Å²) in [6, 6.07) is 15.4. The lowest BCUT2D eigenvalue weighted by Gasteiger charge is -2.40. The van der Waals surface area contributed by atoms with Gasteiger partial charge in [-0.25, -0.2) is 0 Å². The molecule has 0 aliphatic carbocycles. The van der Waals surface area contributed by atoms with Crippen LogP contribution in [0.1, 0.15) is 36.6 Å². The van der Waals surface area contributed by atoms with E-state index in [1.807, 2.05) is 36.4 Å². The Balaban J connectivity index is 1.70. The average Bonchev–Trinajstić information content (AvgIpc) is 2.75. The van der Waals surface area contributed by atoms with E-state index in [2.05, 4.69) is 11.0 Å². The lowest BCUT2D eigenvalue weighted by Crippen LogP contribution is -2.42. The van der Waals surface area contributed by atoms with Crippen molar-refractivity contribution in [3.8, 4) is 11.5 Å². The number of phenols is 1. The molecule has 4 rings (SSSR count). The lowest BCUT2D eigenvalue weighted by molar-refractivity contribution is -0.115. The molecule has 29 heavy (non-hydrogen) atoms. The summed E-state index contributed by atoms with van der Waals surface area (Å²) in [7, 11) is 1.53. The van der Waals surface area contributed by atoms with Gasteiger partial charge in [0, 0.05) is 18.0 Å². The number of piperidine rings is 1. The van der Waals surface area contributed by atoms with Crippen LogP contribution in [0.4, 0.5) is 5.69 Å². The highest BCUT2D eigenvalue weighted by molar-refractivity contribution is 5.78. The number of carbonyl (C=O) groups excluding carboxylic acids is 1. The molecule has 6 heteroatoms. The molecule has 0 spiro atoms. The molecular formula is C23H25N3O3. The maximum Gasteiger partial charge on any atom is 0.145 e. The van der Waals surface area contributed by atoms with Crippen molar-refractivity contribution in [1.82, 2.24) is 9.88 Å². The predicted octanol–water partition coefficient (Wildman–Crippen LogP) is 3.83. The van der Waals surface area contributed by atoms with E-state index < -0.39 is 0 Å². The molecule has 2 aromatic carbocycles. The standard InChI is InChI=1S/C23H25N3O3/c1-29-22-12-16(11-21(28)23(22)24)20-8-4-6-18(14-27)26(20)13-17-10-9-15-5-2-3-7-19(15)25-17/h2-3,5,7,9-12,14,18,20,28H,4,6,8,13,24H2,1H3. The molecule has 1 aliphatic rings. The first kappa shape index (κ1) is 19.2. The number of anilines is 1. The van der Waals surface area contributed by atoms with E-state index in [4.69, 9.17) is 15.5 Å². The summed E-state index contributed by atoms with van der Waals surface area (Å²) < 4.78 is 5.33. The van der Waals surface area contributed by atoms with Gasteiger partial charge in [0.1, 0.15) is 23.5 Å². The van der Waals surface area contributed by atoms with Crippen molar-refractivity contribution in [1.29, 1.82) is 0 Å². The summed E-state index contributed by atoms with van der Waals surface area (Å²) in [5.41, 5.74) is 8.86. The van der Waals surface area contributed by atoms with Crippen molar-refractivity contribution < 1.29 is 14.6 Å². The van der Waals surface area contributed by atoms with Gasteiger partial charge in [0.15, 0.2) is 0 Å². The molecule has 1 aliphatic heterocycles. The number of hydrogen-bond acceptors (Lipinski definition) is 6. The number of hydrogen-bond donors (Lipinski definition) is 2. The van der Waals surface area contributed by atoms with E-state index in [-0.39, 0.29) is 23.5 Å². The number of ether oxygens (including phenoxy) is 1. The largest absolute Gasteiger partial charge is 0.506 e. The number of likely N-dealkylation sites (tertiary alicyclic amines) is 1. The van der Waals surface area contributed by atoms with Crippen LogP contribution in [0.25, 0.3) is 10.9 Å². The molecule has 1 aromatic heterocycles. The summed E-state index contributed by atoms with van der Waals surface area (Å²) >= 11 is 0. The Hall–Kier alpha value is -3.12. The minimum atomic E-state index is -0.201. The molecule has 2 heterocycles. The normalized spacial score (nSPS) is 19.9. The zero-order chi connectivity index (χ0) is 20.4. The number of benzene rings is 2. The fourth-order valence-corrected chi connectivity index (χ4v) is 4.19. The molecule has 0 radical (unpaired) electrons. The van der Waals surface area contributed by atoms with Crippen molar-refractivity contribution in [2.24, 2.45) is 0 Å². The summed E-state index contributed by atoms with van der Waals surface area (Å²) in [5, 5.41) is 11.3. The maximum absolute atomic E-state index is 11.8. The third kappa shape index (κ3) is 3.76. The number of rotatable bonds is 5. The molecule has 1 saturated heterocycles. The Morgan fingerprint density at radius 1 is 1.24 bits per heavy atom. The number of aromatic nitrogens is 1. The minimum absolute atomic E-state index is 0.00337. The molecule has 150 valence electrons. The zero-order valence-corrected chi connectivity index (χ0v) is 16.4. The second-order valence-corrected chi connectivity index (χ2v) is 7.47. The Bertz CT molecular complexity index is 1040. The molecule has 2 unspecified atom stereocenters. The first-order valence-electron chi connectivity index (χ1n) is 9.82. The van der Waals surface area contributed by atoms with Crippen molar-refractivity contribution in [3.05, 3.63) is 59.8 Å². The van der Waals surface area contributed by atoms with Gasteiger partial charge in [-0.1, -0.05) is 24.3 Å². The molecule has 3 N–H and O–H groups in total. The fourth-order valence-electron chi connectivity index (χ4n) is 4.19. The van der Waals surface area contributed by atoms with Crippen LogP contribution in [-0.2, 0) is 11.3 Å². The predicted molar refractivity (Wildman–Crippen MR) is 113 cm³/mol. The third-order valence-corrected chi connectivity index (χ3v) is 5.71. The highest BCUT2D eigenvalue weighted by atomic mass is 16.5. The van der Waals surface area contributed by atoms with Crippen molar-refractivity contribution >= 4 is 22.9 Å². The summed E-state index contributed by atoms with van der Waals surface area (Å²) in [6.45, 7) is 0.548. The van der Waals surface area contributed by atoms with Gasteiger partial charge in [-0.2, -0.15) is 0 Å². The second-order valence-electron chi connectivity index (χ2n) is 7.47. The van der Waals surface area contributed by atoms with Crippen LogP contribution in [0, 0.1) is 0 Å². The van der Waals surface area contributed by atoms with Gasteiger partial charge in [-0.05, 0) is 49.1 Å². The number of pyridine rings is 1. The quantitative estimate of drug-likeness (QED) is 0.390. The molecule has 0 bridgehead atoms. The lowest BCUT2D eigenvalue weighted by atomic mass is 9.90. The Morgan fingerprint density at radius 2 is 2.07 bits per heavy atom. The number of methoxy groups -OCH3 is 1. The molecule has 0 saturated carbocycles. The van der Waals surface area contributed by atoms with Crippen LogP contribution < -0.4 is 10.5 Å². The van der Waals surface area contributed by atoms with Crippen LogP contribution in [0.3, 0.4) is 0 Å². The monoisotopic (exact) mass is 391 g/mol. The highest BCUT2D eigenvalue weighted by Crippen LogP contribution is 2.40. The van der Waals surface area contributed by atoms with Gasteiger partial charge < -0.3 is 20.4 Å². The van der Waals surface area contributed by atoms with Crippen molar-refractivity contribution in [2.45, 2.75) is 37.9 Å². The van der Waals surface area contributed by atoms with Crippen LogP contribution in [0.2, 0.25) is 0 Å². The Labute approximate surface area is 169 Å². The molecule has 3 aromatic rings. The smallest absolute Gasteiger partial charge is 0.145 e. The molecule has 0 amide bonds. The zero-order valence-electron chi connectivity index (χ0n) is 16.4. The number of nitrogens with zero attached hydrogens (tertiary/aromatic N) is 2. The average molecular weight is 391 g/mol. The summed E-state index contributed by atoms with van der Waals surface area (Å²) in [4.78, 5) is 18.8. The van der Waals surface area contributed by atoms with E-state index in [0.29, 0.717) is 12.3 Å². The van der Waals surface area contributed by atoms with Gasteiger partial charge in [-0.15, -0.1) is 0 Å². The molecular weight excluding hydrogens is 366 g/mol. The highest BCUT2D eigenvalue weighted by Gasteiger charge is 2.32. The number of phenolic OH excluding ortho intramolecular Hbond substituents is 1. The van der Waals surface area contributed by atoms with E-state index in [0.717, 1.165) is 47.7 Å². The fraction of sp³-hybridized carbons (Fsp3) is 0.304. The Morgan fingerprint density at radius 3 is 2.86 bits per heavy atom. The number of carbonyl (C=O) groups is 1. The van der Waals surface area contributed by atoms with Crippen LogP contribution in [0.15, 0.2) is 48.5 Å². The number of aldehydes is 1. The molecule has 1 fully saturated rings. The van der Waals surface area contributed by atoms with E-state index in [1.165, 1.54) is 7.11 Å². The van der Waals surface area contributed by atoms with E-state index in [1.54, 1.807) is 6.07 Å². The minimum Gasteiger partial charge on any atom is -0.506 e. The second kappa shape index (κ2) is 8.09. The number of nitrogen functional groups attached to an aromatic ring is 1. The van der Waals surface area contributed by atoms with Crippen LogP contribution in [-0.4, -0.2) is 34.4 Å².